The van der Waals surface area contributed by atoms with Gasteiger partial charge in [-0.25, -0.2) is 4.79 Å². The zero-order valence-electron chi connectivity index (χ0n) is 14.9. The third kappa shape index (κ3) is 6.98. The third-order valence-electron chi connectivity index (χ3n) is 3.24. The van der Waals surface area contributed by atoms with E-state index in [1.807, 2.05) is 0 Å². The summed E-state index contributed by atoms with van der Waals surface area (Å²) >= 11 is 0. The molecule has 0 radical (unpaired) electrons. The van der Waals surface area contributed by atoms with Gasteiger partial charge < -0.3 is 31.1 Å². The van der Waals surface area contributed by atoms with Gasteiger partial charge in [-0.1, -0.05) is 6.07 Å². The highest BCUT2D eigenvalue weighted by Gasteiger charge is 2.27. The lowest BCUT2D eigenvalue weighted by Crippen LogP contribution is -2.50. The molecule has 0 aliphatic carbocycles. The zero-order chi connectivity index (χ0) is 20.1. The van der Waals surface area contributed by atoms with E-state index in [0.717, 1.165) is 0 Å². The molecule has 0 aliphatic rings. The number of phenols is 2. The molecule has 0 unspecified atom stereocenters. The molecular weight excluding hydrogens is 344 g/mol. The average molecular weight is 368 g/mol. The largest absolute Gasteiger partial charge is 0.504 e. The first-order chi connectivity index (χ1) is 11.9. The second-order valence-electron chi connectivity index (χ2n) is 6.82. The van der Waals surface area contributed by atoms with Crippen LogP contribution in [-0.4, -0.2) is 50.9 Å². The van der Waals surface area contributed by atoms with E-state index in [0.29, 0.717) is 5.56 Å². The standard InChI is InChI=1S/C17H24N2O7/c1-17(2,3)26-14(22)8-10(18)15(23)19-11(16(24)25)6-9-4-5-12(20)13(21)7-9/h4-5,7,10-11,20-21H,6,8,18H2,1-3H3,(H,19,23)(H,24,25)/t10-,11-/m0/s1. The Morgan fingerprint density at radius 2 is 1.81 bits per heavy atom. The fraction of sp³-hybridized carbons (Fsp3) is 0.471. The zero-order valence-corrected chi connectivity index (χ0v) is 14.9. The highest BCUT2D eigenvalue weighted by atomic mass is 16.6. The molecule has 1 aromatic rings. The number of benzene rings is 1. The first kappa shape index (κ1) is 21.2. The number of ether oxygens (including phenoxy) is 1. The molecule has 0 saturated heterocycles. The summed E-state index contributed by atoms with van der Waals surface area (Å²) < 4.78 is 5.06. The summed E-state index contributed by atoms with van der Waals surface area (Å²) in [5.74, 6) is -3.54. The van der Waals surface area contributed by atoms with Crippen LogP contribution in [0.3, 0.4) is 0 Å². The van der Waals surface area contributed by atoms with Gasteiger partial charge in [-0.15, -0.1) is 0 Å². The van der Waals surface area contributed by atoms with Crippen LogP contribution in [0, 0.1) is 0 Å². The minimum absolute atomic E-state index is 0.145. The molecule has 1 amide bonds. The van der Waals surface area contributed by atoms with E-state index in [9.17, 15) is 29.7 Å². The molecule has 1 aromatic carbocycles. The SMILES string of the molecule is CC(C)(C)OC(=O)C[C@H](N)C(=O)N[C@@H](Cc1ccc(O)c(O)c1)C(=O)O. The van der Waals surface area contributed by atoms with Gasteiger partial charge in [0.15, 0.2) is 11.5 Å². The van der Waals surface area contributed by atoms with Crippen molar-refractivity contribution in [1.82, 2.24) is 5.32 Å². The van der Waals surface area contributed by atoms with Gasteiger partial charge in [0, 0.05) is 6.42 Å². The predicted octanol–water partition coefficient (Wildman–Crippen LogP) is 0.269. The second kappa shape index (κ2) is 8.52. The van der Waals surface area contributed by atoms with E-state index in [1.165, 1.54) is 18.2 Å². The molecule has 0 aliphatic heterocycles. The van der Waals surface area contributed by atoms with Crippen molar-refractivity contribution >= 4 is 17.8 Å². The Kier molecular flexibility index (Phi) is 6.96. The van der Waals surface area contributed by atoms with Gasteiger partial charge in [-0.05, 0) is 38.5 Å². The topological polar surface area (TPSA) is 159 Å². The lowest BCUT2D eigenvalue weighted by molar-refractivity contribution is -0.156. The van der Waals surface area contributed by atoms with E-state index in [2.05, 4.69) is 5.32 Å². The minimum atomic E-state index is -1.32. The maximum Gasteiger partial charge on any atom is 0.326 e. The average Bonchev–Trinajstić information content (AvgIpc) is 2.47. The van der Waals surface area contributed by atoms with Crippen LogP contribution >= 0.6 is 0 Å². The summed E-state index contributed by atoms with van der Waals surface area (Å²) in [4.78, 5) is 35.1. The van der Waals surface area contributed by atoms with Crippen molar-refractivity contribution in [3.8, 4) is 11.5 Å². The van der Waals surface area contributed by atoms with Gasteiger partial charge in [0.1, 0.15) is 11.6 Å². The highest BCUT2D eigenvalue weighted by Crippen LogP contribution is 2.25. The van der Waals surface area contributed by atoms with Crippen molar-refractivity contribution in [3.63, 3.8) is 0 Å². The normalized spacial score (nSPS) is 13.5. The van der Waals surface area contributed by atoms with E-state index in [-0.39, 0.29) is 12.2 Å². The maximum atomic E-state index is 12.1. The first-order valence-corrected chi connectivity index (χ1v) is 7.90. The van der Waals surface area contributed by atoms with Crippen LogP contribution in [-0.2, 0) is 25.5 Å². The summed E-state index contributed by atoms with van der Waals surface area (Å²) in [7, 11) is 0. The van der Waals surface area contributed by atoms with Crippen molar-refractivity contribution in [3.05, 3.63) is 23.8 Å². The molecule has 0 bridgehead atoms. The Labute approximate surface area is 150 Å². The number of carboxylic acids is 1. The van der Waals surface area contributed by atoms with Crippen molar-refractivity contribution in [1.29, 1.82) is 0 Å². The number of hydrogen-bond acceptors (Lipinski definition) is 7. The van der Waals surface area contributed by atoms with Gasteiger partial charge in [0.25, 0.3) is 0 Å². The van der Waals surface area contributed by atoms with Gasteiger partial charge >= 0.3 is 11.9 Å². The summed E-state index contributed by atoms with van der Waals surface area (Å²) in [6, 6.07) is 1.23. The minimum Gasteiger partial charge on any atom is -0.504 e. The molecule has 9 heteroatoms. The van der Waals surface area contributed by atoms with Crippen LogP contribution in [0.2, 0.25) is 0 Å². The maximum absolute atomic E-state index is 12.1. The molecule has 6 N–H and O–H groups in total. The van der Waals surface area contributed by atoms with Crippen LogP contribution in [0.25, 0.3) is 0 Å². The van der Waals surface area contributed by atoms with E-state index < -0.39 is 47.7 Å². The Morgan fingerprint density at radius 1 is 1.19 bits per heavy atom. The molecule has 0 spiro atoms. The summed E-state index contributed by atoms with van der Waals surface area (Å²) in [6.45, 7) is 5.01. The van der Waals surface area contributed by atoms with Gasteiger partial charge in [-0.3, -0.25) is 9.59 Å². The molecule has 144 valence electrons. The monoisotopic (exact) mass is 368 g/mol. The Hall–Kier alpha value is -2.81. The van der Waals surface area contributed by atoms with Crippen LogP contribution in [0.5, 0.6) is 11.5 Å². The lowest BCUT2D eigenvalue weighted by Gasteiger charge is -2.21. The molecule has 0 heterocycles. The third-order valence-corrected chi connectivity index (χ3v) is 3.24. The van der Waals surface area contributed by atoms with Crippen molar-refractivity contribution < 1.29 is 34.4 Å². The number of amides is 1. The molecule has 1 rings (SSSR count). The highest BCUT2D eigenvalue weighted by molar-refractivity contribution is 5.89. The molecule has 26 heavy (non-hydrogen) atoms. The summed E-state index contributed by atoms with van der Waals surface area (Å²) in [5, 5.41) is 30.2. The Morgan fingerprint density at radius 3 is 2.31 bits per heavy atom. The first-order valence-electron chi connectivity index (χ1n) is 7.90. The molecule has 9 nitrogen and oxygen atoms in total. The number of hydrogen-bond donors (Lipinski definition) is 5. The summed E-state index contributed by atoms with van der Waals surface area (Å²) in [5.41, 5.74) is 5.30. The predicted molar refractivity (Wildman–Crippen MR) is 91.5 cm³/mol. The lowest BCUT2D eigenvalue weighted by atomic mass is 10.0. The fourth-order valence-electron chi connectivity index (χ4n) is 2.07. The summed E-state index contributed by atoms with van der Waals surface area (Å²) in [6.07, 6.45) is -0.538. The molecule has 0 saturated carbocycles. The number of carboxylic acid groups (broad SMARTS) is 1. The smallest absolute Gasteiger partial charge is 0.326 e. The number of aromatic hydroxyl groups is 2. The van der Waals surface area contributed by atoms with Crippen LogP contribution in [0.4, 0.5) is 0 Å². The molecular formula is C17H24N2O7. The van der Waals surface area contributed by atoms with Crippen LogP contribution in [0.1, 0.15) is 32.8 Å². The van der Waals surface area contributed by atoms with Crippen LogP contribution < -0.4 is 11.1 Å². The van der Waals surface area contributed by atoms with Gasteiger partial charge in [0.05, 0.1) is 12.5 Å². The number of aliphatic carboxylic acids is 1. The quantitative estimate of drug-likeness (QED) is 0.339. The van der Waals surface area contributed by atoms with Gasteiger partial charge in [-0.2, -0.15) is 0 Å². The van der Waals surface area contributed by atoms with E-state index in [4.69, 9.17) is 10.5 Å². The number of carbonyl (C=O) groups excluding carboxylic acids is 2. The molecule has 2 atom stereocenters. The number of nitrogens with two attached hydrogens (primary N) is 1. The number of nitrogens with one attached hydrogen (secondary N) is 1. The van der Waals surface area contributed by atoms with Crippen LogP contribution in [0.15, 0.2) is 18.2 Å². The van der Waals surface area contributed by atoms with E-state index >= 15 is 0 Å². The molecule has 0 aromatic heterocycles. The van der Waals surface area contributed by atoms with Gasteiger partial charge in [0.2, 0.25) is 5.91 Å². The second-order valence-corrected chi connectivity index (χ2v) is 6.82. The number of esters is 1. The number of rotatable bonds is 7. The Bertz CT molecular complexity index is 682. The van der Waals surface area contributed by atoms with Crippen molar-refractivity contribution in [2.24, 2.45) is 5.73 Å². The number of carbonyl (C=O) groups is 3. The number of phenolic OH excluding ortho intramolecular Hbond substituents is 2. The Balaban J connectivity index is 2.71. The molecule has 0 fully saturated rings. The van der Waals surface area contributed by atoms with Crippen molar-refractivity contribution in [2.75, 3.05) is 0 Å². The van der Waals surface area contributed by atoms with E-state index in [1.54, 1.807) is 20.8 Å². The van der Waals surface area contributed by atoms with Crippen molar-refractivity contribution in [2.45, 2.75) is 51.3 Å². The fourth-order valence-corrected chi connectivity index (χ4v) is 2.07.